The van der Waals surface area contributed by atoms with E-state index >= 15 is 0 Å². The second-order valence-corrected chi connectivity index (χ2v) is 4.60. The maximum Gasteiger partial charge on any atom is 0.149 e. The average molecular weight is 221 g/mol. The number of imidazole rings is 1. The van der Waals surface area contributed by atoms with E-state index in [0.717, 1.165) is 31.6 Å². The number of hydrogen-bond acceptors (Lipinski definition) is 3. The van der Waals surface area contributed by atoms with Gasteiger partial charge in [0.15, 0.2) is 0 Å². The Kier molecular flexibility index (Phi) is 3.39. The highest BCUT2D eigenvalue weighted by molar-refractivity contribution is 5.84. The Morgan fingerprint density at radius 3 is 3.00 bits per heavy atom. The molecular formula is C12H19N3O. The number of rotatable bonds is 3. The highest BCUT2D eigenvalue weighted by Gasteiger charge is 2.26. The fourth-order valence-corrected chi connectivity index (χ4v) is 2.31. The van der Waals surface area contributed by atoms with Gasteiger partial charge in [-0.05, 0) is 19.9 Å². The molecule has 1 saturated carbocycles. The van der Waals surface area contributed by atoms with Gasteiger partial charge in [0, 0.05) is 25.9 Å². The number of carbonyl (C=O) groups excluding carboxylic acids is 1. The SMILES string of the molecule is CN(Cc1nccn1C)C1CCCCC1=O. The van der Waals surface area contributed by atoms with Crippen LogP contribution in [0.25, 0.3) is 0 Å². The van der Waals surface area contributed by atoms with Crippen molar-refractivity contribution in [2.24, 2.45) is 7.05 Å². The van der Waals surface area contributed by atoms with E-state index in [1.807, 2.05) is 24.9 Å². The van der Waals surface area contributed by atoms with E-state index in [-0.39, 0.29) is 6.04 Å². The number of aromatic nitrogens is 2. The van der Waals surface area contributed by atoms with E-state index in [1.165, 1.54) is 6.42 Å². The fraction of sp³-hybridized carbons (Fsp3) is 0.667. The second-order valence-electron chi connectivity index (χ2n) is 4.60. The summed E-state index contributed by atoms with van der Waals surface area (Å²) in [5.41, 5.74) is 0. The molecule has 0 bridgehead atoms. The van der Waals surface area contributed by atoms with Gasteiger partial charge in [-0.1, -0.05) is 6.42 Å². The second kappa shape index (κ2) is 4.78. The Bertz CT molecular complexity index is 372. The maximum absolute atomic E-state index is 11.8. The minimum atomic E-state index is 0.102. The first-order chi connectivity index (χ1) is 7.68. The van der Waals surface area contributed by atoms with Crippen LogP contribution in [0.3, 0.4) is 0 Å². The van der Waals surface area contributed by atoms with E-state index in [9.17, 15) is 4.79 Å². The molecule has 1 aliphatic carbocycles. The van der Waals surface area contributed by atoms with E-state index in [2.05, 4.69) is 9.88 Å². The van der Waals surface area contributed by atoms with Gasteiger partial charge in [0.2, 0.25) is 0 Å². The molecule has 16 heavy (non-hydrogen) atoms. The smallest absolute Gasteiger partial charge is 0.149 e. The van der Waals surface area contributed by atoms with Crippen molar-refractivity contribution in [3.63, 3.8) is 0 Å². The summed E-state index contributed by atoms with van der Waals surface area (Å²) < 4.78 is 2.00. The minimum Gasteiger partial charge on any atom is -0.337 e. The zero-order chi connectivity index (χ0) is 11.5. The van der Waals surface area contributed by atoms with E-state index < -0.39 is 0 Å². The highest BCUT2D eigenvalue weighted by atomic mass is 16.1. The molecule has 4 nitrogen and oxygen atoms in total. The largest absolute Gasteiger partial charge is 0.337 e. The molecule has 1 aliphatic rings. The Morgan fingerprint density at radius 1 is 1.56 bits per heavy atom. The zero-order valence-corrected chi connectivity index (χ0v) is 10.0. The van der Waals surface area contributed by atoms with Crippen molar-refractivity contribution in [2.45, 2.75) is 38.3 Å². The predicted molar refractivity (Wildman–Crippen MR) is 61.9 cm³/mol. The van der Waals surface area contributed by atoms with Gasteiger partial charge in [0.25, 0.3) is 0 Å². The number of hydrogen-bond donors (Lipinski definition) is 0. The van der Waals surface area contributed by atoms with Gasteiger partial charge in [-0.3, -0.25) is 9.69 Å². The van der Waals surface area contributed by atoms with Crippen LogP contribution in [0, 0.1) is 0 Å². The summed E-state index contributed by atoms with van der Waals surface area (Å²) in [5.74, 6) is 1.41. The van der Waals surface area contributed by atoms with Crippen molar-refractivity contribution in [2.75, 3.05) is 7.05 Å². The molecule has 0 radical (unpaired) electrons. The summed E-state index contributed by atoms with van der Waals surface area (Å²) in [6.07, 6.45) is 7.71. The minimum absolute atomic E-state index is 0.102. The molecule has 0 N–H and O–H groups in total. The van der Waals surface area contributed by atoms with Crippen LogP contribution >= 0.6 is 0 Å². The Hall–Kier alpha value is -1.16. The van der Waals surface area contributed by atoms with Crippen molar-refractivity contribution < 1.29 is 4.79 Å². The van der Waals surface area contributed by atoms with Crippen LogP contribution in [0.5, 0.6) is 0 Å². The molecule has 88 valence electrons. The summed E-state index contributed by atoms with van der Waals surface area (Å²) in [6, 6.07) is 0.102. The number of likely N-dealkylation sites (N-methyl/N-ethyl adjacent to an activating group) is 1. The molecule has 1 atom stereocenters. The van der Waals surface area contributed by atoms with Crippen LogP contribution in [0.4, 0.5) is 0 Å². The maximum atomic E-state index is 11.8. The first-order valence-corrected chi connectivity index (χ1v) is 5.87. The van der Waals surface area contributed by atoms with E-state index in [4.69, 9.17) is 0 Å². The Balaban J connectivity index is 1.99. The first-order valence-electron chi connectivity index (χ1n) is 5.87. The highest BCUT2D eigenvalue weighted by Crippen LogP contribution is 2.19. The lowest BCUT2D eigenvalue weighted by Crippen LogP contribution is -2.40. The molecule has 0 aliphatic heterocycles. The number of aryl methyl sites for hydroxylation is 1. The molecule has 1 aromatic heterocycles. The lowest BCUT2D eigenvalue weighted by Gasteiger charge is -2.29. The molecular weight excluding hydrogens is 202 g/mol. The number of carbonyl (C=O) groups is 1. The summed E-state index contributed by atoms with van der Waals surface area (Å²) in [7, 11) is 4.00. The van der Waals surface area contributed by atoms with Crippen LogP contribution in [0.15, 0.2) is 12.4 Å². The van der Waals surface area contributed by atoms with Crippen molar-refractivity contribution in [3.8, 4) is 0 Å². The molecule has 1 heterocycles. The van der Waals surface area contributed by atoms with Gasteiger partial charge < -0.3 is 4.57 Å². The zero-order valence-electron chi connectivity index (χ0n) is 10.0. The summed E-state index contributed by atoms with van der Waals surface area (Å²) >= 11 is 0. The third kappa shape index (κ3) is 2.32. The van der Waals surface area contributed by atoms with Gasteiger partial charge in [0.1, 0.15) is 11.6 Å². The monoisotopic (exact) mass is 221 g/mol. The molecule has 0 saturated heterocycles. The van der Waals surface area contributed by atoms with Gasteiger partial charge in [-0.25, -0.2) is 4.98 Å². The molecule has 4 heteroatoms. The Morgan fingerprint density at radius 2 is 2.38 bits per heavy atom. The Labute approximate surface area is 96.3 Å². The fourth-order valence-electron chi connectivity index (χ4n) is 2.31. The lowest BCUT2D eigenvalue weighted by molar-refractivity contribution is -0.125. The third-order valence-electron chi connectivity index (χ3n) is 3.37. The van der Waals surface area contributed by atoms with Crippen molar-refractivity contribution in [3.05, 3.63) is 18.2 Å². The predicted octanol–water partition coefficient (Wildman–Crippen LogP) is 1.36. The normalized spacial score (nSPS) is 21.7. The molecule has 1 aromatic rings. The van der Waals surface area contributed by atoms with Crippen molar-refractivity contribution in [1.82, 2.24) is 14.5 Å². The quantitative estimate of drug-likeness (QED) is 0.773. The van der Waals surface area contributed by atoms with Crippen molar-refractivity contribution >= 4 is 5.78 Å². The molecule has 2 rings (SSSR count). The van der Waals surface area contributed by atoms with Crippen LogP contribution in [0.2, 0.25) is 0 Å². The van der Waals surface area contributed by atoms with E-state index in [0.29, 0.717) is 5.78 Å². The number of nitrogens with zero attached hydrogens (tertiary/aromatic N) is 3. The molecule has 0 aromatic carbocycles. The number of ketones is 1. The van der Waals surface area contributed by atoms with Gasteiger partial charge >= 0.3 is 0 Å². The lowest BCUT2D eigenvalue weighted by atomic mass is 9.93. The average Bonchev–Trinajstić information content (AvgIpc) is 2.65. The standard InChI is InChI=1S/C12H19N3O/c1-14-8-7-13-12(14)9-15(2)10-5-3-4-6-11(10)16/h7-8,10H,3-6,9H2,1-2H3. The van der Waals surface area contributed by atoms with Crippen molar-refractivity contribution in [1.29, 1.82) is 0 Å². The van der Waals surface area contributed by atoms with Gasteiger partial charge in [0.05, 0.1) is 12.6 Å². The van der Waals surface area contributed by atoms with Crippen LogP contribution in [-0.2, 0) is 18.4 Å². The van der Waals surface area contributed by atoms with Gasteiger partial charge in [-0.15, -0.1) is 0 Å². The van der Waals surface area contributed by atoms with Crippen LogP contribution < -0.4 is 0 Å². The first kappa shape index (κ1) is 11.3. The molecule has 1 unspecified atom stereocenters. The van der Waals surface area contributed by atoms with Gasteiger partial charge in [-0.2, -0.15) is 0 Å². The topological polar surface area (TPSA) is 38.1 Å². The number of Topliss-reactive ketones (excluding diaryl/α,β-unsaturated/α-hetero) is 1. The van der Waals surface area contributed by atoms with E-state index in [1.54, 1.807) is 6.20 Å². The third-order valence-corrected chi connectivity index (χ3v) is 3.37. The van der Waals surface area contributed by atoms with Crippen LogP contribution in [0.1, 0.15) is 31.5 Å². The summed E-state index contributed by atoms with van der Waals surface area (Å²) in [6.45, 7) is 0.750. The molecule has 1 fully saturated rings. The summed E-state index contributed by atoms with van der Waals surface area (Å²) in [5, 5.41) is 0. The molecule has 0 spiro atoms. The summed E-state index contributed by atoms with van der Waals surface area (Å²) in [4.78, 5) is 18.2. The molecule has 0 amide bonds. The van der Waals surface area contributed by atoms with Crippen LogP contribution in [-0.4, -0.2) is 33.3 Å².